The van der Waals surface area contributed by atoms with E-state index in [1.807, 2.05) is 18.2 Å². The third-order valence-corrected chi connectivity index (χ3v) is 5.10. The summed E-state index contributed by atoms with van der Waals surface area (Å²) in [7, 11) is 0. The second-order valence-electron chi connectivity index (χ2n) is 6.72. The Balaban J connectivity index is 1.58. The lowest BCUT2D eigenvalue weighted by Crippen LogP contribution is -2.34. The fourth-order valence-corrected chi connectivity index (χ4v) is 3.36. The Morgan fingerprint density at radius 1 is 1.23 bits per heavy atom. The van der Waals surface area contributed by atoms with Crippen molar-refractivity contribution in [1.82, 2.24) is 10.3 Å². The summed E-state index contributed by atoms with van der Waals surface area (Å²) in [4.78, 5) is 16.0. The van der Waals surface area contributed by atoms with Gasteiger partial charge in [0.25, 0.3) is 0 Å². The number of allylic oxidation sites excluding steroid dienone is 2. The van der Waals surface area contributed by atoms with E-state index in [0.717, 1.165) is 21.8 Å². The summed E-state index contributed by atoms with van der Waals surface area (Å²) in [5.74, 6) is -0.508. The zero-order valence-corrected chi connectivity index (χ0v) is 14.0. The molecule has 6 nitrogen and oxygen atoms in total. The minimum atomic E-state index is -0.646. The highest BCUT2D eigenvalue weighted by molar-refractivity contribution is 5.93. The lowest BCUT2D eigenvalue weighted by atomic mass is 9.94. The molecule has 1 saturated carbocycles. The third kappa shape index (κ3) is 2.60. The normalized spacial score (nSPS) is 17.0. The first-order valence-corrected chi connectivity index (χ1v) is 8.46. The van der Waals surface area contributed by atoms with Gasteiger partial charge in [-0.1, -0.05) is 18.2 Å². The SMILES string of the molecule is N=Cc1c[nH]c2c1=CC=C(NC(=O)C1(c3ccc(O)c(O)c3)CC1)CC=2. The lowest BCUT2D eigenvalue weighted by Gasteiger charge is -2.17. The van der Waals surface area contributed by atoms with Gasteiger partial charge in [0.2, 0.25) is 5.91 Å². The van der Waals surface area contributed by atoms with E-state index in [-0.39, 0.29) is 17.4 Å². The number of amides is 1. The number of aromatic hydroxyl groups is 2. The quantitative estimate of drug-likeness (QED) is 0.421. The smallest absolute Gasteiger partial charge is 0.234 e. The van der Waals surface area contributed by atoms with Crippen LogP contribution in [0.5, 0.6) is 11.5 Å². The molecule has 1 aromatic carbocycles. The average molecular weight is 349 g/mol. The van der Waals surface area contributed by atoms with Gasteiger partial charge in [0.05, 0.1) is 5.41 Å². The van der Waals surface area contributed by atoms with E-state index in [1.165, 1.54) is 18.3 Å². The first-order chi connectivity index (χ1) is 12.5. The van der Waals surface area contributed by atoms with Crippen LogP contribution in [0.1, 0.15) is 30.4 Å². The number of H-pyrrole nitrogens is 1. The van der Waals surface area contributed by atoms with Crippen LogP contribution in [0.2, 0.25) is 0 Å². The van der Waals surface area contributed by atoms with Crippen molar-refractivity contribution < 1.29 is 15.0 Å². The molecule has 0 radical (unpaired) electrons. The van der Waals surface area contributed by atoms with E-state index in [4.69, 9.17) is 5.41 Å². The number of carbonyl (C=O) groups excluding carboxylic acids is 1. The number of phenols is 2. The Kier molecular flexibility index (Phi) is 3.68. The van der Waals surface area contributed by atoms with Gasteiger partial charge in [0.1, 0.15) is 0 Å². The van der Waals surface area contributed by atoms with Gasteiger partial charge in [-0.25, -0.2) is 0 Å². The summed E-state index contributed by atoms with van der Waals surface area (Å²) in [5.41, 5.74) is 1.65. The highest BCUT2D eigenvalue weighted by atomic mass is 16.3. The van der Waals surface area contributed by atoms with Crippen LogP contribution in [-0.4, -0.2) is 27.3 Å². The summed E-state index contributed by atoms with van der Waals surface area (Å²) >= 11 is 0. The predicted octanol–water partition coefficient (Wildman–Crippen LogP) is 1.12. The minimum absolute atomic E-state index is 0.103. The molecule has 2 aromatic rings. The number of hydrogen-bond donors (Lipinski definition) is 5. The molecule has 5 N–H and O–H groups in total. The van der Waals surface area contributed by atoms with Crippen LogP contribution in [0.3, 0.4) is 0 Å². The van der Waals surface area contributed by atoms with Crippen molar-refractivity contribution in [3.05, 3.63) is 57.9 Å². The highest BCUT2D eigenvalue weighted by Gasteiger charge is 2.51. The highest BCUT2D eigenvalue weighted by Crippen LogP contribution is 2.50. The number of carbonyl (C=O) groups is 1. The summed E-state index contributed by atoms with van der Waals surface area (Å²) in [6, 6.07) is 4.56. The van der Waals surface area contributed by atoms with E-state index in [0.29, 0.717) is 24.8 Å². The van der Waals surface area contributed by atoms with Crippen molar-refractivity contribution >= 4 is 24.3 Å². The Hall–Kier alpha value is -3.28. The van der Waals surface area contributed by atoms with Crippen LogP contribution in [0.4, 0.5) is 0 Å². The molecule has 2 aliphatic rings. The maximum atomic E-state index is 12.9. The molecule has 4 rings (SSSR count). The Morgan fingerprint density at radius 3 is 2.73 bits per heavy atom. The lowest BCUT2D eigenvalue weighted by molar-refractivity contribution is -0.122. The molecule has 2 aliphatic carbocycles. The summed E-state index contributed by atoms with van der Waals surface area (Å²) in [6.45, 7) is 0. The van der Waals surface area contributed by atoms with Crippen molar-refractivity contribution in [3.8, 4) is 11.5 Å². The molecule has 0 spiro atoms. The van der Waals surface area contributed by atoms with E-state index in [1.54, 1.807) is 12.3 Å². The van der Waals surface area contributed by atoms with Crippen molar-refractivity contribution in [2.24, 2.45) is 0 Å². The minimum Gasteiger partial charge on any atom is -0.504 e. The number of hydrogen-bond acceptors (Lipinski definition) is 4. The maximum absolute atomic E-state index is 12.9. The molecule has 1 aromatic heterocycles. The Labute approximate surface area is 149 Å². The van der Waals surface area contributed by atoms with Crippen molar-refractivity contribution in [2.45, 2.75) is 24.7 Å². The summed E-state index contributed by atoms with van der Waals surface area (Å²) in [5, 5.41) is 31.5. The molecule has 26 heavy (non-hydrogen) atoms. The Bertz CT molecular complexity index is 1060. The van der Waals surface area contributed by atoms with E-state index < -0.39 is 5.41 Å². The van der Waals surface area contributed by atoms with Crippen LogP contribution in [-0.2, 0) is 10.2 Å². The van der Waals surface area contributed by atoms with Gasteiger partial charge in [-0.15, -0.1) is 0 Å². The molecule has 1 fully saturated rings. The molecule has 0 atom stereocenters. The number of nitrogens with one attached hydrogen (secondary N) is 3. The standard InChI is InChI=1S/C20H19N3O3/c21-10-12-11-22-16-5-3-14(2-4-15(12)16)23-19(26)20(7-8-20)13-1-6-17(24)18(25)9-13/h1-2,4-6,9-11,21-22,24-25H,3,7-8H2,(H,23,26). The van der Waals surface area contributed by atoms with Crippen LogP contribution in [0, 0.1) is 5.41 Å². The maximum Gasteiger partial charge on any atom is 0.234 e. The van der Waals surface area contributed by atoms with E-state index >= 15 is 0 Å². The first-order valence-electron chi connectivity index (χ1n) is 8.46. The third-order valence-electron chi connectivity index (χ3n) is 5.10. The molecule has 0 saturated heterocycles. The molecular weight excluding hydrogens is 330 g/mol. The zero-order valence-electron chi connectivity index (χ0n) is 14.0. The van der Waals surface area contributed by atoms with E-state index in [2.05, 4.69) is 10.3 Å². The second kappa shape index (κ2) is 5.91. The van der Waals surface area contributed by atoms with Gasteiger partial charge in [-0.05, 0) is 36.6 Å². The number of rotatable bonds is 4. The van der Waals surface area contributed by atoms with Crippen LogP contribution in [0.25, 0.3) is 12.2 Å². The van der Waals surface area contributed by atoms with Gasteiger partial charge in [0.15, 0.2) is 11.5 Å². The number of phenolic OH excluding ortho intramolecular Hbond substituents is 2. The molecular formula is C20H19N3O3. The van der Waals surface area contributed by atoms with Crippen LogP contribution >= 0.6 is 0 Å². The van der Waals surface area contributed by atoms with Gasteiger partial charge >= 0.3 is 0 Å². The molecule has 132 valence electrons. The van der Waals surface area contributed by atoms with Gasteiger partial charge in [-0.3, -0.25) is 4.79 Å². The predicted molar refractivity (Wildman–Crippen MR) is 98.4 cm³/mol. The van der Waals surface area contributed by atoms with Gasteiger partial charge in [-0.2, -0.15) is 0 Å². The largest absolute Gasteiger partial charge is 0.504 e. The summed E-state index contributed by atoms with van der Waals surface area (Å²) in [6.07, 6.45) is 10.8. The topological polar surface area (TPSA) is 109 Å². The monoisotopic (exact) mass is 349 g/mol. The molecule has 0 bridgehead atoms. The molecule has 1 heterocycles. The molecule has 0 unspecified atom stereocenters. The average Bonchev–Trinajstić information content (AvgIpc) is 3.39. The van der Waals surface area contributed by atoms with Crippen LogP contribution < -0.4 is 15.9 Å². The Morgan fingerprint density at radius 2 is 2.04 bits per heavy atom. The number of aromatic amines is 1. The van der Waals surface area contributed by atoms with Crippen LogP contribution in [0.15, 0.2) is 36.2 Å². The fraction of sp³-hybridized carbons (Fsp3) is 0.200. The number of benzene rings is 1. The first kappa shape index (κ1) is 16.2. The van der Waals surface area contributed by atoms with Crippen molar-refractivity contribution in [3.63, 3.8) is 0 Å². The molecule has 0 aliphatic heterocycles. The zero-order chi connectivity index (χ0) is 18.3. The van der Waals surface area contributed by atoms with Gasteiger partial charge < -0.3 is 25.9 Å². The fourth-order valence-electron chi connectivity index (χ4n) is 3.36. The molecule has 1 amide bonds. The number of fused-ring (bicyclic) bond motifs is 1. The van der Waals surface area contributed by atoms with Crippen molar-refractivity contribution in [1.29, 1.82) is 5.41 Å². The van der Waals surface area contributed by atoms with Gasteiger partial charge in [0, 0.05) is 40.7 Å². The molecule has 6 heteroatoms. The number of aromatic nitrogens is 1. The second-order valence-corrected chi connectivity index (χ2v) is 6.72. The van der Waals surface area contributed by atoms with E-state index in [9.17, 15) is 15.0 Å². The van der Waals surface area contributed by atoms with Crippen molar-refractivity contribution in [2.75, 3.05) is 0 Å². The summed E-state index contributed by atoms with van der Waals surface area (Å²) < 4.78 is 0.